The molecule has 2 rings (SSSR count). The summed E-state index contributed by atoms with van der Waals surface area (Å²) in [5.74, 6) is 2.41. The Balaban J connectivity index is 1.79. The summed E-state index contributed by atoms with van der Waals surface area (Å²) in [4.78, 5) is 8.69. The Hall–Kier alpha value is -2.30. The maximum Gasteiger partial charge on any atom is 0.224 e. The van der Waals surface area contributed by atoms with Crippen molar-refractivity contribution in [2.75, 3.05) is 30.8 Å². The second kappa shape index (κ2) is 8.87. The molecule has 5 heteroatoms. The minimum atomic E-state index is 0.662. The van der Waals surface area contributed by atoms with Crippen LogP contribution in [0, 0.1) is 0 Å². The number of ether oxygens (including phenoxy) is 1. The molecule has 0 bridgehead atoms. The molecule has 1 heterocycles. The summed E-state index contributed by atoms with van der Waals surface area (Å²) in [5.41, 5.74) is 1.26. The zero-order chi connectivity index (χ0) is 15.6. The van der Waals surface area contributed by atoms with Crippen molar-refractivity contribution in [3.05, 3.63) is 42.1 Å². The van der Waals surface area contributed by atoms with Crippen molar-refractivity contribution in [3.8, 4) is 5.75 Å². The zero-order valence-corrected chi connectivity index (χ0v) is 13.3. The summed E-state index contributed by atoms with van der Waals surface area (Å²) < 4.78 is 5.15. The highest BCUT2D eigenvalue weighted by Crippen LogP contribution is 2.12. The van der Waals surface area contributed by atoms with Crippen LogP contribution in [0.4, 0.5) is 11.8 Å². The molecule has 2 aromatic rings. The van der Waals surface area contributed by atoms with Crippen LogP contribution in [0.5, 0.6) is 5.75 Å². The molecule has 118 valence electrons. The Labute approximate surface area is 132 Å². The molecule has 0 saturated heterocycles. The van der Waals surface area contributed by atoms with Gasteiger partial charge in [0, 0.05) is 19.3 Å². The minimum Gasteiger partial charge on any atom is -0.497 e. The van der Waals surface area contributed by atoms with Gasteiger partial charge in [-0.2, -0.15) is 4.98 Å². The van der Waals surface area contributed by atoms with Gasteiger partial charge in [0.2, 0.25) is 5.95 Å². The van der Waals surface area contributed by atoms with E-state index in [-0.39, 0.29) is 0 Å². The van der Waals surface area contributed by atoms with Gasteiger partial charge in [0.15, 0.2) is 0 Å². The van der Waals surface area contributed by atoms with Gasteiger partial charge < -0.3 is 15.4 Å². The zero-order valence-electron chi connectivity index (χ0n) is 13.3. The molecule has 0 aliphatic rings. The Morgan fingerprint density at radius 2 is 1.86 bits per heavy atom. The Morgan fingerprint density at radius 3 is 2.59 bits per heavy atom. The number of nitrogens with zero attached hydrogens (tertiary/aromatic N) is 2. The number of anilines is 2. The minimum absolute atomic E-state index is 0.662. The lowest BCUT2D eigenvalue weighted by molar-refractivity contribution is 0.414. The van der Waals surface area contributed by atoms with E-state index in [0.717, 1.165) is 37.5 Å². The summed E-state index contributed by atoms with van der Waals surface area (Å²) in [6.07, 6.45) is 5.01. The Kier molecular flexibility index (Phi) is 6.48. The highest BCUT2D eigenvalue weighted by molar-refractivity contribution is 5.39. The number of unbranched alkanes of at least 4 members (excludes halogenated alkanes) is 1. The molecular formula is C17H24N4O. The number of rotatable bonds is 9. The van der Waals surface area contributed by atoms with Gasteiger partial charge in [0.1, 0.15) is 11.6 Å². The van der Waals surface area contributed by atoms with Gasteiger partial charge in [0.25, 0.3) is 0 Å². The molecule has 5 nitrogen and oxygen atoms in total. The molecule has 1 aromatic carbocycles. The fraction of sp³-hybridized carbons (Fsp3) is 0.412. The fourth-order valence-corrected chi connectivity index (χ4v) is 2.05. The van der Waals surface area contributed by atoms with Crippen molar-refractivity contribution >= 4 is 11.8 Å². The molecule has 2 N–H and O–H groups in total. The third-order valence-corrected chi connectivity index (χ3v) is 3.35. The lowest BCUT2D eigenvalue weighted by atomic mass is 10.1. The van der Waals surface area contributed by atoms with Gasteiger partial charge in [-0.3, -0.25) is 0 Å². The summed E-state index contributed by atoms with van der Waals surface area (Å²) in [6, 6.07) is 9.99. The van der Waals surface area contributed by atoms with Crippen molar-refractivity contribution in [1.29, 1.82) is 0 Å². The number of aromatic nitrogens is 2. The van der Waals surface area contributed by atoms with Crippen LogP contribution in [0.2, 0.25) is 0 Å². The van der Waals surface area contributed by atoms with Crippen molar-refractivity contribution in [3.63, 3.8) is 0 Å². The first-order valence-corrected chi connectivity index (χ1v) is 7.75. The van der Waals surface area contributed by atoms with E-state index in [2.05, 4.69) is 39.7 Å². The SMILES string of the molecule is CCCCNc1ccnc(NCCc2ccc(OC)cc2)n1. The highest BCUT2D eigenvalue weighted by Gasteiger charge is 1.99. The van der Waals surface area contributed by atoms with Gasteiger partial charge in [-0.25, -0.2) is 4.98 Å². The van der Waals surface area contributed by atoms with Gasteiger partial charge in [0.05, 0.1) is 7.11 Å². The van der Waals surface area contributed by atoms with E-state index >= 15 is 0 Å². The summed E-state index contributed by atoms with van der Waals surface area (Å²) in [7, 11) is 1.68. The third kappa shape index (κ3) is 5.24. The molecule has 0 fully saturated rings. The average Bonchev–Trinajstić information content (AvgIpc) is 2.56. The van der Waals surface area contributed by atoms with Crippen LogP contribution in [-0.4, -0.2) is 30.2 Å². The molecule has 0 aliphatic carbocycles. The van der Waals surface area contributed by atoms with Gasteiger partial charge in [-0.15, -0.1) is 0 Å². The van der Waals surface area contributed by atoms with Crippen LogP contribution in [0.1, 0.15) is 25.3 Å². The van der Waals surface area contributed by atoms with E-state index in [0.29, 0.717) is 5.95 Å². The van der Waals surface area contributed by atoms with Crippen molar-refractivity contribution in [2.45, 2.75) is 26.2 Å². The van der Waals surface area contributed by atoms with Crippen molar-refractivity contribution < 1.29 is 4.74 Å². The molecule has 1 aromatic heterocycles. The molecule has 0 unspecified atom stereocenters. The molecule has 0 spiro atoms. The van der Waals surface area contributed by atoms with Crippen LogP contribution in [0.3, 0.4) is 0 Å². The maximum atomic E-state index is 5.15. The number of hydrogen-bond acceptors (Lipinski definition) is 5. The fourth-order valence-electron chi connectivity index (χ4n) is 2.05. The van der Waals surface area contributed by atoms with Crippen LogP contribution < -0.4 is 15.4 Å². The van der Waals surface area contributed by atoms with E-state index in [1.54, 1.807) is 13.3 Å². The number of benzene rings is 1. The summed E-state index contributed by atoms with van der Waals surface area (Å²) in [5, 5.41) is 6.56. The Bertz CT molecular complexity index is 557. The van der Waals surface area contributed by atoms with E-state index in [1.165, 1.54) is 12.0 Å². The normalized spacial score (nSPS) is 10.3. The lowest BCUT2D eigenvalue weighted by Gasteiger charge is -2.08. The maximum absolute atomic E-state index is 5.15. The van der Waals surface area contributed by atoms with Crippen LogP contribution in [0.15, 0.2) is 36.5 Å². The molecular weight excluding hydrogens is 276 g/mol. The molecule has 0 atom stereocenters. The first-order chi connectivity index (χ1) is 10.8. The molecule has 0 radical (unpaired) electrons. The molecule has 22 heavy (non-hydrogen) atoms. The summed E-state index contributed by atoms with van der Waals surface area (Å²) in [6.45, 7) is 3.91. The van der Waals surface area contributed by atoms with Gasteiger partial charge in [-0.05, 0) is 36.6 Å². The van der Waals surface area contributed by atoms with E-state index in [9.17, 15) is 0 Å². The smallest absolute Gasteiger partial charge is 0.224 e. The third-order valence-electron chi connectivity index (χ3n) is 3.35. The predicted octanol–water partition coefficient (Wildman–Crippen LogP) is 3.35. The van der Waals surface area contributed by atoms with E-state index in [1.807, 2.05) is 18.2 Å². The van der Waals surface area contributed by atoms with E-state index in [4.69, 9.17) is 4.74 Å². The molecule has 0 aliphatic heterocycles. The average molecular weight is 300 g/mol. The molecule has 0 saturated carbocycles. The summed E-state index contributed by atoms with van der Waals surface area (Å²) >= 11 is 0. The predicted molar refractivity (Wildman–Crippen MR) is 90.6 cm³/mol. The second-order valence-electron chi connectivity index (χ2n) is 5.07. The first kappa shape index (κ1) is 16.1. The van der Waals surface area contributed by atoms with E-state index < -0.39 is 0 Å². The monoisotopic (exact) mass is 300 g/mol. The van der Waals surface area contributed by atoms with Crippen LogP contribution >= 0.6 is 0 Å². The number of nitrogens with one attached hydrogen (secondary N) is 2. The van der Waals surface area contributed by atoms with Crippen LogP contribution in [-0.2, 0) is 6.42 Å². The number of hydrogen-bond donors (Lipinski definition) is 2. The van der Waals surface area contributed by atoms with Crippen molar-refractivity contribution in [1.82, 2.24) is 9.97 Å². The lowest BCUT2D eigenvalue weighted by Crippen LogP contribution is -2.10. The number of methoxy groups -OCH3 is 1. The standard InChI is InChI=1S/C17H24N4O/c1-3-4-11-18-16-10-13-20-17(21-16)19-12-9-14-5-7-15(22-2)8-6-14/h5-8,10,13H,3-4,9,11-12H2,1-2H3,(H2,18,19,20,21). The van der Waals surface area contributed by atoms with Gasteiger partial charge >= 0.3 is 0 Å². The Morgan fingerprint density at radius 1 is 1.05 bits per heavy atom. The van der Waals surface area contributed by atoms with Crippen LogP contribution in [0.25, 0.3) is 0 Å². The largest absolute Gasteiger partial charge is 0.497 e. The quantitative estimate of drug-likeness (QED) is 0.695. The van der Waals surface area contributed by atoms with Gasteiger partial charge in [-0.1, -0.05) is 25.5 Å². The van der Waals surface area contributed by atoms with Crippen molar-refractivity contribution in [2.24, 2.45) is 0 Å². The molecule has 0 amide bonds. The second-order valence-corrected chi connectivity index (χ2v) is 5.07. The first-order valence-electron chi connectivity index (χ1n) is 7.75. The highest BCUT2D eigenvalue weighted by atomic mass is 16.5. The topological polar surface area (TPSA) is 59.1 Å².